The number of ether oxygens (including phenoxy) is 1. The maximum absolute atomic E-state index is 14.5. The van der Waals surface area contributed by atoms with Crippen molar-refractivity contribution in [1.29, 1.82) is 0 Å². The van der Waals surface area contributed by atoms with Gasteiger partial charge in [0.25, 0.3) is 0 Å². The van der Waals surface area contributed by atoms with Crippen molar-refractivity contribution >= 4 is 46.7 Å². The van der Waals surface area contributed by atoms with Gasteiger partial charge >= 0.3 is 6.09 Å². The summed E-state index contributed by atoms with van der Waals surface area (Å²) in [7, 11) is 1.66. The van der Waals surface area contributed by atoms with Crippen molar-refractivity contribution in [3.05, 3.63) is 63.1 Å². The molecule has 1 amide bonds. The topological polar surface area (TPSA) is 61.9 Å². The molecule has 6 nitrogen and oxygen atoms in total. The second kappa shape index (κ2) is 11.1. The van der Waals surface area contributed by atoms with Gasteiger partial charge in [-0.1, -0.05) is 40.9 Å². The lowest BCUT2D eigenvalue weighted by Gasteiger charge is -2.44. The Morgan fingerprint density at radius 3 is 2.38 bits per heavy atom. The van der Waals surface area contributed by atoms with Crippen molar-refractivity contribution in [3.8, 4) is 5.75 Å². The summed E-state index contributed by atoms with van der Waals surface area (Å²) in [4.78, 5) is 31.9. The number of carbonyl (C=O) groups excluding carboxylic acids is 2. The van der Waals surface area contributed by atoms with Gasteiger partial charge in [-0.15, -0.1) is 0 Å². The molecule has 1 N–H and O–H groups in total. The third-order valence-corrected chi connectivity index (χ3v) is 9.15. The number of nitrogens with zero attached hydrogens (tertiary/aromatic N) is 2. The Morgan fingerprint density at radius 1 is 1.03 bits per heavy atom. The van der Waals surface area contributed by atoms with Gasteiger partial charge in [-0.25, -0.2) is 4.79 Å². The number of halogens is 3. The molecular formula is C28H32Cl3N3O3. The predicted octanol–water partition coefficient (Wildman–Crippen LogP) is 5.89. The van der Waals surface area contributed by atoms with Crippen LogP contribution in [-0.4, -0.2) is 67.0 Å². The minimum Gasteiger partial charge on any atom is -0.410 e. The van der Waals surface area contributed by atoms with E-state index in [4.69, 9.17) is 39.5 Å². The van der Waals surface area contributed by atoms with E-state index >= 15 is 0 Å². The van der Waals surface area contributed by atoms with E-state index in [-0.39, 0.29) is 17.6 Å². The Kier molecular flexibility index (Phi) is 8.04. The van der Waals surface area contributed by atoms with Gasteiger partial charge in [0.1, 0.15) is 11.3 Å². The third kappa shape index (κ3) is 5.64. The summed E-state index contributed by atoms with van der Waals surface area (Å²) in [6, 6.07) is 12.1. The van der Waals surface area contributed by atoms with Gasteiger partial charge in [-0.05, 0) is 86.7 Å². The number of amides is 1. The molecule has 9 heteroatoms. The molecule has 2 aromatic rings. The number of hydrogen-bond donors (Lipinski definition) is 1. The number of rotatable bonds is 7. The molecule has 2 atom stereocenters. The number of carbonyl (C=O) groups is 2. The first-order valence-corrected chi connectivity index (χ1v) is 14.0. The fourth-order valence-electron chi connectivity index (χ4n) is 5.83. The molecular weight excluding hydrogens is 533 g/mol. The first-order chi connectivity index (χ1) is 17.8. The van der Waals surface area contributed by atoms with Gasteiger partial charge in [0.2, 0.25) is 0 Å². The van der Waals surface area contributed by atoms with E-state index in [1.165, 1.54) is 17.7 Å². The molecule has 2 aromatic carbocycles. The SMILES string of the molecule is CN(C(=O)Oc1ccc(Cl)cc1)[C@@]1(C(=O)C2CCN(CC3CC3)CC2)CNC[C@@H]1c1ccc(Cl)c(Cl)c1. The largest absolute Gasteiger partial charge is 0.415 e. The molecule has 1 aliphatic carbocycles. The third-order valence-electron chi connectivity index (χ3n) is 8.16. The summed E-state index contributed by atoms with van der Waals surface area (Å²) < 4.78 is 5.69. The molecule has 3 aliphatic rings. The van der Waals surface area contributed by atoms with Gasteiger partial charge < -0.3 is 15.0 Å². The highest BCUT2D eigenvalue weighted by atomic mass is 35.5. The van der Waals surface area contributed by atoms with E-state index in [9.17, 15) is 9.59 Å². The Labute approximate surface area is 233 Å². The van der Waals surface area contributed by atoms with E-state index < -0.39 is 11.6 Å². The van der Waals surface area contributed by atoms with Gasteiger partial charge in [-0.3, -0.25) is 9.69 Å². The number of Topliss-reactive ketones (excluding diaryl/α,β-unsaturated/α-hetero) is 1. The maximum Gasteiger partial charge on any atom is 0.415 e. The lowest BCUT2D eigenvalue weighted by molar-refractivity contribution is -0.135. The highest BCUT2D eigenvalue weighted by Gasteiger charge is 2.56. The highest BCUT2D eigenvalue weighted by molar-refractivity contribution is 6.42. The molecule has 0 aromatic heterocycles. The zero-order valence-electron chi connectivity index (χ0n) is 20.9. The van der Waals surface area contributed by atoms with Gasteiger partial charge in [0, 0.05) is 43.5 Å². The first kappa shape index (κ1) is 26.8. The van der Waals surface area contributed by atoms with Crippen molar-refractivity contribution < 1.29 is 14.3 Å². The van der Waals surface area contributed by atoms with Gasteiger partial charge in [0.15, 0.2) is 5.78 Å². The molecule has 0 radical (unpaired) electrons. The molecule has 5 rings (SSSR count). The van der Waals surface area contributed by atoms with Crippen LogP contribution in [-0.2, 0) is 4.79 Å². The molecule has 2 aliphatic heterocycles. The number of ketones is 1. The van der Waals surface area contributed by atoms with E-state index in [1.54, 1.807) is 43.4 Å². The molecule has 198 valence electrons. The summed E-state index contributed by atoms with van der Waals surface area (Å²) in [5, 5.41) is 4.81. The van der Waals surface area contributed by atoms with E-state index in [2.05, 4.69) is 10.2 Å². The molecule has 0 unspecified atom stereocenters. The second-order valence-corrected chi connectivity index (χ2v) is 11.8. The average molecular weight is 565 g/mol. The summed E-state index contributed by atoms with van der Waals surface area (Å²) in [6.45, 7) is 3.82. The minimum atomic E-state index is -1.12. The van der Waals surface area contributed by atoms with Crippen molar-refractivity contribution in [3.63, 3.8) is 0 Å². The zero-order valence-corrected chi connectivity index (χ0v) is 23.2. The smallest absolute Gasteiger partial charge is 0.410 e. The van der Waals surface area contributed by atoms with Crippen LogP contribution in [0.2, 0.25) is 15.1 Å². The fraction of sp³-hybridized carbons (Fsp3) is 0.500. The van der Waals surface area contributed by atoms with E-state index in [0.717, 1.165) is 44.0 Å². The maximum atomic E-state index is 14.5. The van der Waals surface area contributed by atoms with Crippen molar-refractivity contribution in [2.24, 2.45) is 11.8 Å². The minimum absolute atomic E-state index is 0.0789. The van der Waals surface area contributed by atoms with Crippen molar-refractivity contribution in [2.75, 3.05) is 39.8 Å². The van der Waals surface area contributed by atoms with Crippen LogP contribution in [0, 0.1) is 11.8 Å². The Bertz CT molecular complexity index is 1150. The number of benzene rings is 2. The molecule has 0 bridgehead atoms. The van der Waals surface area contributed by atoms with Gasteiger partial charge in [-0.2, -0.15) is 0 Å². The van der Waals surface area contributed by atoms with Crippen LogP contribution in [0.1, 0.15) is 37.2 Å². The van der Waals surface area contributed by atoms with Crippen LogP contribution in [0.3, 0.4) is 0 Å². The van der Waals surface area contributed by atoms with Crippen LogP contribution in [0.4, 0.5) is 4.79 Å². The number of likely N-dealkylation sites (N-methyl/N-ethyl adjacent to an activating group) is 1. The summed E-state index contributed by atoms with van der Waals surface area (Å²) in [5.74, 6) is 0.836. The Morgan fingerprint density at radius 2 is 1.73 bits per heavy atom. The molecule has 3 fully saturated rings. The van der Waals surface area contributed by atoms with E-state index in [1.807, 2.05) is 6.07 Å². The van der Waals surface area contributed by atoms with Crippen LogP contribution in [0.25, 0.3) is 0 Å². The standard InChI is InChI=1S/C28H32Cl3N3O3/c1-33(27(36)37-22-7-5-21(29)6-8-22)28(17-32-15-23(28)20-4-9-24(30)25(31)14-20)26(35)19-10-12-34(13-11-19)16-18-2-3-18/h4-9,14,18-19,23,32H,2-3,10-13,15-17H2,1H3/t23-,28+/m1/s1. The van der Waals surface area contributed by atoms with Crippen LogP contribution in [0.15, 0.2) is 42.5 Å². The summed E-state index contributed by atoms with van der Waals surface area (Å²) in [5.41, 5.74) is -0.255. The molecule has 0 spiro atoms. The quantitative estimate of drug-likeness (QED) is 0.454. The average Bonchev–Trinajstić information content (AvgIpc) is 3.60. The Balaban J connectivity index is 1.43. The van der Waals surface area contributed by atoms with Crippen molar-refractivity contribution in [2.45, 2.75) is 37.1 Å². The summed E-state index contributed by atoms with van der Waals surface area (Å²) in [6.07, 6.45) is 3.64. The monoisotopic (exact) mass is 563 g/mol. The van der Waals surface area contributed by atoms with Crippen LogP contribution < -0.4 is 10.1 Å². The second-order valence-electron chi connectivity index (χ2n) is 10.5. The number of piperidine rings is 1. The summed E-state index contributed by atoms with van der Waals surface area (Å²) >= 11 is 18.6. The number of nitrogens with one attached hydrogen (secondary N) is 1. The van der Waals surface area contributed by atoms with Crippen LogP contribution >= 0.6 is 34.8 Å². The number of hydrogen-bond acceptors (Lipinski definition) is 5. The lowest BCUT2D eigenvalue weighted by atomic mass is 9.72. The molecule has 2 saturated heterocycles. The molecule has 1 saturated carbocycles. The molecule has 37 heavy (non-hydrogen) atoms. The zero-order chi connectivity index (χ0) is 26.2. The first-order valence-electron chi connectivity index (χ1n) is 12.9. The van der Waals surface area contributed by atoms with E-state index in [0.29, 0.717) is 33.9 Å². The fourth-order valence-corrected chi connectivity index (χ4v) is 6.26. The lowest BCUT2D eigenvalue weighted by Crippen LogP contribution is -2.62. The predicted molar refractivity (Wildman–Crippen MR) is 147 cm³/mol. The van der Waals surface area contributed by atoms with Crippen molar-refractivity contribution in [1.82, 2.24) is 15.1 Å². The van der Waals surface area contributed by atoms with Gasteiger partial charge in [0.05, 0.1) is 10.0 Å². The highest BCUT2D eigenvalue weighted by Crippen LogP contribution is 2.42. The molecule has 2 heterocycles. The van der Waals surface area contributed by atoms with Crippen LogP contribution in [0.5, 0.6) is 5.75 Å². The number of likely N-dealkylation sites (tertiary alicyclic amines) is 1. The Hall–Kier alpha value is -1.83. The normalized spacial score (nSPS) is 24.7.